The van der Waals surface area contributed by atoms with E-state index in [1.807, 2.05) is 0 Å². The van der Waals surface area contributed by atoms with E-state index in [1.165, 1.54) is 27.8 Å². The van der Waals surface area contributed by atoms with Crippen LogP contribution >= 0.6 is 0 Å². The molecule has 0 heteroatoms. The normalized spacial score (nSPS) is 15.1. The SMILES string of the molecule is CC(Cc1c(C(C)(C)C)c(C(C)(C)C)cc(C(C)(C)C)c1C(C)(C)C)c1ccc(C(C)(C)C)cc1C(C)(C)C. The second kappa shape index (κ2) is 10.4. The third-order valence-electron chi connectivity index (χ3n) is 8.32. The molecule has 0 fully saturated rings. The monoisotopic (exact) mass is 533 g/mol. The molecule has 0 nitrogen and oxygen atoms in total. The fourth-order valence-corrected chi connectivity index (χ4v) is 6.36. The van der Waals surface area contributed by atoms with Crippen molar-refractivity contribution in [3.8, 4) is 0 Å². The molecule has 39 heavy (non-hydrogen) atoms. The molecule has 0 aliphatic heterocycles. The molecular weight excluding hydrogens is 468 g/mol. The van der Waals surface area contributed by atoms with Crippen LogP contribution < -0.4 is 0 Å². The first-order chi connectivity index (χ1) is 17.1. The maximum Gasteiger partial charge on any atom is -0.0126 e. The summed E-state index contributed by atoms with van der Waals surface area (Å²) in [6.45, 7) is 45.5. The summed E-state index contributed by atoms with van der Waals surface area (Å²) >= 11 is 0. The lowest BCUT2D eigenvalue weighted by molar-refractivity contribution is 0.487. The molecule has 0 aliphatic carbocycles. The Morgan fingerprint density at radius 1 is 0.462 bits per heavy atom. The van der Waals surface area contributed by atoms with Crippen molar-refractivity contribution in [3.63, 3.8) is 0 Å². The van der Waals surface area contributed by atoms with E-state index in [1.54, 1.807) is 16.7 Å². The van der Waals surface area contributed by atoms with Gasteiger partial charge in [0.1, 0.15) is 0 Å². The summed E-state index contributed by atoms with van der Waals surface area (Å²) in [4.78, 5) is 0. The minimum Gasteiger partial charge on any atom is -0.0582 e. The van der Waals surface area contributed by atoms with Gasteiger partial charge in [-0.25, -0.2) is 0 Å². The fraction of sp³-hybridized carbons (Fsp3) is 0.692. The lowest BCUT2D eigenvalue weighted by Gasteiger charge is -2.41. The molecule has 2 rings (SSSR count). The van der Waals surface area contributed by atoms with Gasteiger partial charge < -0.3 is 0 Å². The van der Waals surface area contributed by atoms with E-state index in [9.17, 15) is 0 Å². The van der Waals surface area contributed by atoms with E-state index in [0.29, 0.717) is 5.92 Å². The smallest absolute Gasteiger partial charge is 0.0126 e. The molecule has 0 aromatic heterocycles. The Balaban J connectivity index is 3.04. The van der Waals surface area contributed by atoms with Gasteiger partial charge in [0.25, 0.3) is 0 Å². The summed E-state index contributed by atoms with van der Waals surface area (Å²) in [5, 5.41) is 0. The maximum atomic E-state index is 2.59. The average Bonchev–Trinajstić information content (AvgIpc) is 2.68. The lowest BCUT2D eigenvalue weighted by atomic mass is 9.63. The van der Waals surface area contributed by atoms with Gasteiger partial charge in [0.2, 0.25) is 0 Å². The summed E-state index contributed by atoms with van der Waals surface area (Å²) < 4.78 is 0. The summed E-state index contributed by atoms with van der Waals surface area (Å²) in [5.41, 5.74) is 12.7. The first-order valence-electron chi connectivity index (χ1n) is 15.4. The lowest BCUT2D eigenvalue weighted by Crippen LogP contribution is -2.32. The van der Waals surface area contributed by atoms with Crippen LogP contribution in [0, 0.1) is 0 Å². The van der Waals surface area contributed by atoms with Crippen molar-refractivity contribution < 1.29 is 0 Å². The Bertz CT molecular complexity index is 1110. The molecule has 0 N–H and O–H groups in total. The van der Waals surface area contributed by atoms with Crippen LogP contribution in [0.2, 0.25) is 0 Å². The Kier molecular flexibility index (Phi) is 8.94. The summed E-state index contributed by atoms with van der Waals surface area (Å²) in [6, 6.07) is 9.95. The minimum atomic E-state index is 0.0526. The van der Waals surface area contributed by atoms with Crippen LogP contribution in [0.1, 0.15) is 182 Å². The maximum absolute atomic E-state index is 2.59. The minimum absolute atomic E-state index is 0.0526. The largest absolute Gasteiger partial charge is 0.0582 e. The highest BCUT2D eigenvalue weighted by Crippen LogP contribution is 2.47. The van der Waals surface area contributed by atoms with Gasteiger partial charge in [-0.3, -0.25) is 0 Å². The third-order valence-corrected chi connectivity index (χ3v) is 8.32. The summed E-state index contributed by atoms with van der Waals surface area (Å²) in [6.07, 6.45) is 1.06. The van der Waals surface area contributed by atoms with E-state index in [-0.39, 0.29) is 32.5 Å². The second-order valence-corrected chi connectivity index (χ2v) is 18.6. The van der Waals surface area contributed by atoms with E-state index < -0.39 is 0 Å². The molecule has 1 atom stereocenters. The molecular formula is C39H64. The summed E-state index contributed by atoms with van der Waals surface area (Å²) in [7, 11) is 0. The molecule has 0 saturated carbocycles. The van der Waals surface area contributed by atoms with Crippen LogP contribution in [-0.4, -0.2) is 0 Å². The molecule has 0 heterocycles. The van der Waals surface area contributed by atoms with Crippen LogP contribution in [0.5, 0.6) is 0 Å². The molecule has 0 radical (unpaired) electrons. The van der Waals surface area contributed by atoms with Gasteiger partial charge >= 0.3 is 0 Å². The van der Waals surface area contributed by atoms with Gasteiger partial charge in [0, 0.05) is 0 Å². The fourth-order valence-electron chi connectivity index (χ4n) is 6.36. The van der Waals surface area contributed by atoms with Crippen LogP contribution in [0.25, 0.3) is 0 Å². The molecule has 0 aliphatic rings. The first kappa shape index (κ1) is 33.6. The number of hydrogen-bond acceptors (Lipinski definition) is 0. The highest BCUT2D eigenvalue weighted by molar-refractivity contribution is 5.56. The zero-order valence-electron chi connectivity index (χ0n) is 29.6. The second-order valence-electron chi connectivity index (χ2n) is 18.6. The Labute approximate surface area is 244 Å². The molecule has 1 unspecified atom stereocenters. The molecule has 2 aromatic carbocycles. The van der Waals surface area contributed by atoms with Crippen molar-refractivity contribution in [2.24, 2.45) is 0 Å². The molecule has 2 aromatic rings. The molecule has 0 spiro atoms. The van der Waals surface area contributed by atoms with E-state index >= 15 is 0 Å². The van der Waals surface area contributed by atoms with Crippen molar-refractivity contribution in [2.45, 2.75) is 176 Å². The Morgan fingerprint density at radius 3 is 1.15 bits per heavy atom. The van der Waals surface area contributed by atoms with Gasteiger partial charge in [-0.05, 0) is 89.3 Å². The standard InChI is InChI=1S/C39H64/c1-25(27-21-20-26(34(2,3)4)23-29(27)35(5,6)7)22-28-32(38(14,15)16)30(36(8,9)10)24-31(37(11,12)13)33(28)39(17,18)19/h20-21,23-25H,22H2,1-19H3. The highest BCUT2D eigenvalue weighted by atomic mass is 14.4. The van der Waals surface area contributed by atoms with Crippen LogP contribution in [0.15, 0.2) is 24.3 Å². The summed E-state index contributed by atoms with van der Waals surface area (Å²) in [5.74, 6) is 0.415. The van der Waals surface area contributed by atoms with Gasteiger partial charge in [0.05, 0.1) is 0 Å². The van der Waals surface area contributed by atoms with Gasteiger partial charge in [-0.2, -0.15) is 0 Å². The van der Waals surface area contributed by atoms with Gasteiger partial charge in [-0.15, -0.1) is 0 Å². The molecule has 0 saturated heterocycles. The van der Waals surface area contributed by atoms with E-state index in [0.717, 1.165) is 6.42 Å². The van der Waals surface area contributed by atoms with Crippen molar-refractivity contribution in [2.75, 3.05) is 0 Å². The van der Waals surface area contributed by atoms with Crippen LogP contribution in [-0.2, 0) is 38.9 Å². The average molecular weight is 533 g/mol. The van der Waals surface area contributed by atoms with Gasteiger partial charge in [0.15, 0.2) is 0 Å². The molecule has 220 valence electrons. The quantitative estimate of drug-likeness (QED) is 0.369. The third kappa shape index (κ3) is 7.59. The number of hydrogen-bond donors (Lipinski definition) is 0. The number of rotatable bonds is 3. The molecule has 0 amide bonds. The Hall–Kier alpha value is -1.56. The zero-order valence-corrected chi connectivity index (χ0v) is 29.6. The Morgan fingerprint density at radius 2 is 0.846 bits per heavy atom. The van der Waals surface area contributed by atoms with Crippen LogP contribution in [0.3, 0.4) is 0 Å². The zero-order chi connectivity index (χ0) is 30.7. The first-order valence-corrected chi connectivity index (χ1v) is 15.4. The molecule has 0 bridgehead atoms. The van der Waals surface area contributed by atoms with E-state index in [2.05, 4.69) is 156 Å². The predicted octanol–water partition coefficient (Wildman–Crippen LogP) is 11.8. The van der Waals surface area contributed by atoms with Crippen LogP contribution in [0.4, 0.5) is 0 Å². The van der Waals surface area contributed by atoms with Crippen molar-refractivity contribution in [1.82, 2.24) is 0 Å². The number of benzene rings is 2. The topological polar surface area (TPSA) is 0 Å². The van der Waals surface area contributed by atoms with Crippen molar-refractivity contribution in [3.05, 3.63) is 68.8 Å². The van der Waals surface area contributed by atoms with Crippen molar-refractivity contribution in [1.29, 1.82) is 0 Å². The van der Waals surface area contributed by atoms with E-state index in [4.69, 9.17) is 0 Å². The van der Waals surface area contributed by atoms with Gasteiger partial charge in [-0.1, -0.05) is 156 Å². The predicted molar refractivity (Wildman–Crippen MR) is 177 cm³/mol. The van der Waals surface area contributed by atoms with Crippen molar-refractivity contribution >= 4 is 0 Å². The highest BCUT2D eigenvalue weighted by Gasteiger charge is 2.37.